The van der Waals surface area contributed by atoms with Gasteiger partial charge in [0.05, 0.1) is 27.0 Å². The largest absolute Gasteiger partial charge is 0.455 e. The van der Waals surface area contributed by atoms with Gasteiger partial charge in [0, 0.05) is 23.4 Å². The van der Waals surface area contributed by atoms with Gasteiger partial charge in [0.1, 0.15) is 11.5 Å². The molecule has 5 aromatic rings. The van der Waals surface area contributed by atoms with Crippen molar-refractivity contribution in [1.82, 2.24) is 4.98 Å². The third-order valence-electron chi connectivity index (χ3n) is 4.89. The van der Waals surface area contributed by atoms with E-state index >= 15 is 0 Å². The molecule has 0 saturated heterocycles. The van der Waals surface area contributed by atoms with Crippen molar-refractivity contribution in [2.45, 2.75) is 10.1 Å². The molecule has 8 heteroatoms. The normalized spacial score (nSPS) is 11.4. The number of thioether (sulfide) groups is 1. The van der Waals surface area contributed by atoms with E-state index in [1.165, 1.54) is 17.7 Å². The van der Waals surface area contributed by atoms with Crippen molar-refractivity contribution < 1.29 is 9.34 Å². The molecule has 0 spiro atoms. The van der Waals surface area contributed by atoms with Crippen LogP contribution in [0.25, 0.3) is 21.5 Å². The van der Waals surface area contributed by atoms with Crippen LogP contribution in [0, 0.1) is 10.1 Å². The molecule has 0 unspecified atom stereocenters. The first-order chi connectivity index (χ1) is 16.1. The van der Waals surface area contributed by atoms with Gasteiger partial charge < -0.3 is 4.42 Å². The minimum absolute atomic E-state index is 0.0483. The van der Waals surface area contributed by atoms with Crippen molar-refractivity contribution in [3.8, 4) is 11.3 Å². The van der Waals surface area contributed by atoms with Gasteiger partial charge in [-0.1, -0.05) is 42.1 Å². The first-order valence-electron chi connectivity index (χ1n) is 10.1. The fraction of sp³-hybridized carbons (Fsp3) is 0.0400. The Morgan fingerprint density at radius 2 is 1.85 bits per heavy atom. The maximum atomic E-state index is 10.8. The topological polar surface area (TPSA) is 81.5 Å². The van der Waals surface area contributed by atoms with E-state index in [4.69, 9.17) is 9.40 Å². The van der Waals surface area contributed by atoms with Crippen molar-refractivity contribution in [3.05, 3.63) is 106 Å². The van der Waals surface area contributed by atoms with Gasteiger partial charge in [0.15, 0.2) is 4.34 Å². The van der Waals surface area contributed by atoms with Crippen LogP contribution < -0.4 is 0 Å². The van der Waals surface area contributed by atoms with Gasteiger partial charge in [-0.2, -0.15) is 0 Å². The fourth-order valence-electron chi connectivity index (χ4n) is 3.22. The van der Waals surface area contributed by atoms with E-state index in [0.717, 1.165) is 31.6 Å². The van der Waals surface area contributed by atoms with Gasteiger partial charge >= 0.3 is 0 Å². The highest BCUT2D eigenvalue weighted by molar-refractivity contribution is 8.00. The molecule has 2 heterocycles. The summed E-state index contributed by atoms with van der Waals surface area (Å²) in [5.41, 5.74) is 3.88. The zero-order chi connectivity index (χ0) is 22.6. The number of hydrogen-bond acceptors (Lipinski definition) is 7. The molecule has 0 saturated carbocycles. The number of aliphatic imine (C=N–C) groups is 1. The Morgan fingerprint density at radius 3 is 2.64 bits per heavy atom. The summed E-state index contributed by atoms with van der Waals surface area (Å²) in [6.07, 6.45) is 1.67. The average molecular weight is 472 g/mol. The SMILES string of the molecule is O=[N+]([O-])c1ccc(-c2ccc(C=Nc3ccc4nc(SCc5ccccc5)sc4c3)o2)cc1. The molecule has 33 heavy (non-hydrogen) atoms. The summed E-state index contributed by atoms with van der Waals surface area (Å²) < 4.78 is 7.95. The molecule has 0 aliphatic carbocycles. The lowest BCUT2D eigenvalue weighted by Crippen LogP contribution is -1.86. The number of nitrogens with zero attached hydrogens (tertiary/aromatic N) is 3. The van der Waals surface area contributed by atoms with Crippen LogP contribution >= 0.6 is 23.1 Å². The quantitative estimate of drug-likeness (QED) is 0.106. The van der Waals surface area contributed by atoms with Gasteiger partial charge in [0.25, 0.3) is 5.69 Å². The van der Waals surface area contributed by atoms with Crippen LogP contribution in [0.1, 0.15) is 11.3 Å². The van der Waals surface area contributed by atoms with E-state index in [1.807, 2.05) is 48.5 Å². The Kier molecular flexibility index (Phi) is 6.01. The van der Waals surface area contributed by atoms with Crippen LogP contribution in [0.3, 0.4) is 0 Å². The van der Waals surface area contributed by atoms with Crippen LogP contribution in [0.2, 0.25) is 0 Å². The number of hydrogen-bond donors (Lipinski definition) is 0. The minimum atomic E-state index is -0.422. The minimum Gasteiger partial charge on any atom is -0.455 e. The zero-order valence-corrected chi connectivity index (χ0v) is 18.9. The number of nitro groups is 1. The summed E-state index contributed by atoms with van der Waals surface area (Å²) in [6, 6.07) is 26.2. The molecule has 0 aliphatic rings. The third kappa shape index (κ3) is 5.02. The van der Waals surface area contributed by atoms with Crippen LogP contribution in [0.5, 0.6) is 0 Å². The summed E-state index contributed by atoms with van der Waals surface area (Å²) >= 11 is 3.40. The van der Waals surface area contributed by atoms with Crippen molar-refractivity contribution >= 4 is 50.9 Å². The summed E-state index contributed by atoms with van der Waals surface area (Å²) in [7, 11) is 0. The molecule has 0 radical (unpaired) electrons. The van der Waals surface area contributed by atoms with Crippen LogP contribution in [0.15, 0.2) is 98.7 Å². The average Bonchev–Trinajstić information content (AvgIpc) is 3.48. The highest BCUT2D eigenvalue weighted by atomic mass is 32.2. The highest BCUT2D eigenvalue weighted by Gasteiger charge is 2.09. The molecule has 0 bridgehead atoms. The molecule has 0 aliphatic heterocycles. The molecule has 0 atom stereocenters. The maximum Gasteiger partial charge on any atom is 0.269 e. The van der Waals surface area contributed by atoms with Crippen LogP contribution in [-0.2, 0) is 5.75 Å². The smallest absolute Gasteiger partial charge is 0.269 e. The Balaban J connectivity index is 1.28. The molecule has 0 fully saturated rings. The van der Waals surface area contributed by atoms with Gasteiger partial charge in [-0.15, -0.1) is 11.3 Å². The van der Waals surface area contributed by atoms with Crippen molar-refractivity contribution in [2.75, 3.05) is 0 Å². The monoisotopic (exact) mass is 471 g/mol. The van der Waals surface area contributed by atoms with E-state index in [0.29, 0.717) is 11.5 Å². The number of thiazole rings is 1. The molecule has 0 N–H and O–H groups in total. The van der Waals surface area contributed by atoms with Crippen molar-refractivity contribution in [3.63, 3.8) is 0 Å². The molecule has 5 rings (SSSR count). The number of aromatic nitrogens is 1. The van der Waals surface area contributed by atoms with E-state index in [-0.39, 0.29) is 5.69 Å². The number of benzene rings is 3. The second kappa shape index (κ2) is 9.40. The lowest BCUT2D eigenvalue weighted by molar-refractivity contribution is -0.384. The standard InChI is InChI=1S/C25H17N3O3S2/c29-28(30)20-9-6-18(7-10-20)23-13-11-21(31-23)15-26-19-8-12-22-24(14-19)33-25(27-22)32-16-17-4-2-1-3-5-17/h1-15H,16H2. The molecular weight excluding hydrogens is 454 g/mol. The number of fused-ring (bicyclic) bond motifs is 1. The number of nitro benzene ring substituents is 1. The summed E-state index contributed by atoms with van der Waals surface area (Å²) in [5, 5.41) is 10.8. The van der Waals surface area contributed by atoms with Gasteiger partial charge in [-0.05, 0) is 48.0 Å². The highest BCUT2D eigenvalue weighted by Crippen LogP contribution is 2.33. The van der Waals surface area contributed by atoms with E-state index in [9.17, 15) is 10.1 Å². The first-order valence-corrected chi connectivity index (χ1v) is 11.9. The number of rotatable bonds is 7. The van der Waals surface area contributed by atoms with Crippen LogP contribution in [-0.4, -0.2) is 16.1 Å². The predicted octanol–water partition coefficient (Wildman–Crippen LogP) is 7.51. The number of furan rings is 1. The molecule has 2 aromatic heterocycles. The Hall–Kier alpha value is -3.75. The predicted molar refractivity (Wildman–Crippen MR) is 134 cm³/mol. The number of non-ortho nitro benzene ring substituents is 1. The third-order valence-corrected chi connectivity index (χ3v) is 7.12. The lowest BCUT2D eigenvalue weighted by atomic mass is 10.1. The Labute approximate surface area is 197 Å². The summed E-state index contributed by atoms with van der Waals surface area (Å²) in [5.74, 6) is 2.12. The zero-order valence-electron chi connectivity index (χ0n) is 17.3. The fourth-order valence-corrected chi connectivity index (χ4v) is 5.27. The van der Waals surface area contributed by atoms with Crippen LogP contribution in [0.4, 0.5) is 11.4 Å². The van der Waals surface area contributed by atoms with E-state index in [2.05, 4.69) is 17.1 Å². The summed E-state index contributed by atoms with van der Waals surface area (Å²) in [6.45, 7) is 0. The molecule has 162 valence electrons. The molecule has 6 nitrogen and oxygen atoms in total. The van der Waals surface area contributed by atoms with Gasteiger partial charge in [0.2, 0.25) is 0 Å². The Bertz CT molecular complexity index is 1440. The van der Waals surface area contributed by atoms with Crippen molar-refractivity contribution in [1.29, 1.82) is 0 Å². The Morgan fingerprint density at radius 1 is 1.03 bits per heavy atom. The van der Waals surface area contributed by atoms with E-state index < -0.39 is 4.92 Å². The molecule has 0 amide bonds. The second-order valence-corrected chi connectivity index (χ2v) is 9.42. The van der Waals surface area contributed by atoms with Gasteiger partial charge in [-0.3, -0.25) is 15.1 Å². The molecule has 3 aromatic carbocycles. The first kappa shape index (κ1) is 21.1. The second-order valence-electron chi connectivity index (χ2n) is 7.17. The molecular formula is C25H17N3O3S2. The summed E-state index contributed by atoms with van der Waals surface area (Å²) in [4.78, 5) is 19.6. The van der Waals surface area contributed by atoms with Gasteiger partial charge in [-0.25, -0.2) is 4.98 Å². The maximum absolute atomic E-state index is 10.8. The van der Waals surface area contributed by atoms with E-state index in [1.54, 1.807) is 41.4 Å². The van der Waals surface area contributed by atoms with Crippen molar-refractivity contribution in [2.24, 2.45) is 4.99 Å². The lowest BCUT2D eigenvalue weighted by Gasteiger charge is -1.97.